The third-order valence-corrected chi connectivity index (χ3v) is 2.81. The summed E-state index contributed by atoms with van der Waals surface area (Å²) in [5.41, 5.74) is 2.96. The van der Waals surface area contributed by atoms with Gasteiger partial charge in [-0.25, -0.2) is 4.98 Å². The standard InChI is InChI=1S/C15H20N4O/c1-5-16-15-17-11(3)9-14(19-15)18-12-8-10(2)6-7-13(12)20-4/h6-9H,5H2,1-4H3,(H2,16,17,18,19). The fourth-order valence-corrected chi connectivity index (χ4v) is 1.93. The van der Waals surface area contributed by atoms with Crippen LogP contribution in [0.25, 0.3) is 0 Å². The van der Waals surface area contributed by atoms with E-state index >= 15 is 0 Å². The molecule has 2 rings (SSSR count). The van der Waals surface area contributed by atoms with Gasteiger partial charge in [-0.3, -0.25) is 0 Å². The number of ether oxygens (including phenoxy) is 1. The van der Waals surface area contributed by atoms with Crippen molar-refractivity contribution in [3.63, 3.8) is 0 Å². The van der Waals surface area contributed by atoms with Crippen LogP contribution in [0.3, 0.4) is 0 Å². The highest BCUT2D eigenvalue weighted by atomic mass is 16.5. The zero-order valence-corrected chi connectivity index (χ0v) is 12.3. The van der Waals surface area contributed by atoms with Crippen molar-refractivity contribution in [1.29, 1.82) is 0 Å². The van der Waals surface area contributed by atoms with Gasteiger partial charge in [-0.05, 0) is 38.5 Å². The van der Waals surface area contributed by atoms with Crippen molar-refractivity contribution in [1.82, 2.24) is 9.97 Å². The van der Waals surface area contributed by atoms with Gasteiger partial charge in [-0.15, -0.1) is 0 Å². The summed E-state index contributed by atoms with van der Waals surface area (Å²) < 4.78 is 5.36. The van der Waals surface area contributed by atoms with E-state index in [0.717, 1.165) is 35.1 Å². The molecule has 0 unspecified atom stereocenters. The Morgan fingerprint density at radius 2 is 1.95 bits per heavy atom. The summed E-state index contributed by atoms with van der Waals surface area (Å²) in [6.07, 6.45) is 0. The lowest BCUT2D eigenvalue weighted by atomic mass is 10.2. The summed E-state index contributed by atoms with van der Waals surface area (Å²) in [6.45, 7) is 6.79. The number of rotatable bonds is 5. The maximum atomic E-state index is 5.36. The SMILES string of the molecule is CCNc1nc(C)cc(Nc2cc(C)ccc2OC)n1. The Kier molecular flexibility index (Phi) is 4.40. The van der Waals surface area contributed by atoms with E-state index in [0.29, 0.717) is 5.95 Å². The number of aromatic nitrogens is 2. The van der Waals surface area contributed by atoms with Crippen molar-refractivity contribution in [3.05, 3.63) is 35.5 Å². The van der Waals surface area contributed by atoms with Gasteiger partial charge in [0.1, 0.15) is 11.6 Å². The Balaban J connectivity index is 2.31. The van der Waals surface area contributed by atoms with Gasteiger partial charge in [0.25, 0.3) is 0 Å². The van der Waals surface area contributed by atoms with Crippen molar-refractivity contribution < 1.29 is 4.74 Å². The predicted octanol–water partition coefficient (Wildman–Crippen LogP) is 3.28. The van der Waals surface area contributed by atoms with Crippen LogP contribution >= 0.6 is 0 Å². The van der Waals surface area contributed by atoms with E-state index < -0.39 is 0 Å². The topological polar surface area (TPSA) is 59.1 Å². The number of hydrogen-bond donors (Lipinski definition) is 2. The van der Waals surface area contributed by atoms with Gasteiger partial charge in [-0.1, -0.05) is 6.07 Å². The number of hydrogen-bond acceptors (Lipinski definition) is 5. The van der Waals surface area contributed by atoms with Gasteiger partial charge in [0.2, 0.25) is 5.95 Å². The Morgan fingerprint density at radius 3 is 2.65 bits per heavy atom. The van der Waals surface area contributed by atoms with Crippen LogP contribution in [0, 0.1) is 13.8 Å². The molecule has 0 amide bonds. The van der Waals surface area contributed by atoms with Crippen molar-refractivity contribution in [2.75, 3.05) is 24.3 Å². The zero-order valence-electron chi connectivity index (χ0n) is 12.3. The molecule has 2 N–H and O–H groups in total. The molecular weight excluding hydrogens is 252 g/mol. The van der Waals surface area contributed by atoms with E-state index in [-0.39, 0.29) is 0 Å². The van der Waals surface area contributed by atoms with Crippen molar-refractivity contribution >= 4 is 17.5 Å². The number of nitrogens with zero attached hydrogens (tertiary/aromatic N) is 2. The molecule has 0 saturated heterocycles. The van der Waals surface area contributed by atoms with E-state index in [1.165, 1.54) is 0 Å². The summed E-state index contributed by atoms with van der Waals surface area (Å²) >= 11 is 0. The number of methoxy groups -OCH3 is 1. The first kappa shape index (κ1) is 14.1. The number of benzene rings is 1. The maximum Gasteiger partial charge on any atom is 0.224 e. The van der Waals surface area contributed by atoms with Gasteiger partial charge >= 0.3 is 0 Å². The molecule has 1 heterocycles. The summed E-state index contributed by atoms with van der Waals surface area (Å²) in [6, 6.07) is 7.89. The molecule has 1 aromatic carbocycles. The highest BCUT2D eigenvalue weighted by Crippen LogP contribution is 2.28. The van der Waals surface area contributed by atoms with Crippen LogP contribution in [0.5, 0.6) is 5.75 Å². The van der Waals surface area contributed by atoms with Crippen LogP contribution in [-0.2, 0) is 0 Å². The molecule has 0 aliphatic carbocycles. The minimum absolute atomic E-state index is 0.626. The molecule has 0 aliphatic rings. The molecule has 5 heteroatoms. The smallest absolute Gasteiger partial charge is 0.224 e. The van der Waals surface area contributed by atoms with Crippen LogP contribution < -0.4 is 15.4 Å². The van der Waals surface area contributed by atoms with Crippen molar-refractivity contribution in [3.8, 4) is 5.75 Å². The second-order valence-electron chi connectivity index (χ2n) is 4.58. The van der Waals surface area contributed by atoms with Crippen LogP contribution in [0.1, 0.15) is 18.2 Å². The molecule has 106 valence electrons. The second-order valence-corrected chi connectivity index (χ2v) is 4.58. The van der Waals surface area contributed by atoms with E-state index in [1.807, 2.05) is 45.0 Å². The molecule has 20 heavy (non-hydrogen) atoms. The summed E-state index contributed by atoms with van der Waals surface area (Å²) in [5.74, 6) is 2.16. The average Bonchev–Trinajstić information content (AvgIpc) is 2.38. The zero-order chi connectivity index (χ0) is 14.5. The Labute approximate surface area is 119 Å². The predicted molar refractivity (Wildman–Crippen MR) is 81.9 cm³/mol. The van der Waals surface area contributed by atoms with Crippen LogP contribution in [0.15, 0.2) is 24.3 Å². The molecule has 0 saturated carbocycles. The molecule has 0 radical (unpaired) electrons. The molecule has 5 nitrogen and oxygen atoms in total. The van der Waals surface area contributed by atoms with Crippen molar-refractivity contribution in [2.45, 2.75) is 20.8 Å². The summed E-state index contributed by atoms with van der Waals surface area (Å²) in [4.78, 5) is 8.77. The molecule has 0 aliphatic heterocycles. The number of anilines is 3. The minimum atomic E-state index is 0.626. The molecule has 0 spiro atoms. The van der Waals surface area contributed by atoms with E-state index in [4.69, 9.17) is 4.74 Å². The molecule has 0 fully saturated rings. The maximum absolute atomic E-state index is 5.36. The molecule has 2 aromatic rings. The third-order valence-electron chi connectivity index (χ3n) is 2.81. The van der Waals surface area contributed by atoms with E-state index in [2.05, 4.69) is 20.6 Å². The summed E-state index contributed by atoms with van der Waals surface area (Å²) in [7, 11) is 1.66. The first-order valence-corrected chi connectivity index (χ1v) is 6.63. The second kappa shape index (κ2) is 6.23. The summed E-state index contributed by atoms with van der Waals surface area (Å²) in [5, 5.41) is 6.41. The number of nitrogens with one attached hydrogen (secondary N) is 2. The molecule has 0 atom stereocenters. The van der Waals surface area contributed by atoms with Crippen LogP contribution in [0.2, 0.25) is 0 Å². The fraction of sp³-hybridized carbons (Fsp3) is 0.333. The third kappa shape index (κ3) is 3.38. The largest absolute Gasteiger partial charge is 0.495 e. The minimum Gasteiger partial charge on any atom is -0.495 e. The lowest BCUT2D eigenvalue weighted by Crippen LogP contribution is -2.05. The van der Waals surface area contributed by atoms with Crippen LogP contribution in [-0.4, -0.2) is 23.6 Å². The Hall–Kier alpha value is -2.30. The fourth-order valence-electron chi connectivity index (χ4n) is 1.93. The van der Waals surface area contributed by atoms with Crippen LogP contribution in [0.4, 0.5) is 17.5 Å². The van der Waals surface area contributed by atoms with Gasteiger partial charge < -0.3 is 15.4 Å². The Morgan fingerprint density at radius 1 is 1.15 bits per heavy atom. The lowest BCUT2D eigenvalue weighted by Gasteiger charge is -2.12. The van der Waals surface area contributed by atoms with E-state index in [9.17, 15) is 0 Å². The van der Waals surface area contributed by atoms with Gasteiger partial charge in [0, 0.05) is 18.3 Å². The van der Waals surface area contributed by atoms with Gasteiger partial charge in [0.05, 0.1) is 12.8 Å². The first-order chi connectivity index (χ1) is 9.62. The number of aryl methyl sites for hydroxylation is 2. The lowest BCUT2D eigenvalue weighted by molar-refractivity contribution is 0.416. The Bertz CT molecular complexity index is 598. The first-order valence-electron chi connectivity index (χ1n) is 6.63. The normalized spacial score (nSPS) is 10.2. The van der Waals surface area contributed by atoms with Gasteiger partial charge in [0.15, 0.2) is 0 Å². The molecule has 1 aromatic heterocycles. The molecular formula is C15H20N4O. The highest BCUT2D eigenvalue weighted by molar-refractivity contribution is 5.65. The average molecular weight is 272 g/mol. The highest BCUT2D eigenvalue weighted by Gasteiger charge is 2.06. The molecule has 0 bridgehead atoms. The monoisotopic (exact) mass is 272 g/mol. The van der Waals surface area contributed by atoms with E-state index in [1.54, 1.807) is 7.11 Å². The quantitative estimate of drug-likeness (QED) is 0.874. The van der Waals surface area contributed by atoms with Crippen molar-refractivity contribution in [2.24, 2.45) is 0 Å². The van der Waals surface area contributed by atoms with Gasteiger partial charge in [-0.2, -0.15) is 4.98 Å².